The van der Waals surface area contributed by atoms with Crippen LogP contribution in [-0.2, 0) is 10.0 Å². The minimum atomic E-state index is -3.44. The fourth-order valence-electron chi connectivity index (χ4n) is 2.84. The van der Waals surface area contributed by atoms with Gasteiger partial charge in [0.25, 0.3) is 0 Å². The summed E-state index contributed by atoms with van der Waals surface area (Å²) in [4.78, 5) is 0.278. The molecule has 6 heteroatoms. The lowest BCUT2D eigenvalue weighted by Gasteiger charge is -2.27. The second-order valence-corrected chi connectivity index (χ2v) is 7.32. The third-order valence-electron chi connectivity index (χ3n) is 4.38. The van der Waals surface area contributed by atoms with E-state index in [1.807, 2.05) is 0 Å². The van der Waals surface area contributed by atoms with Crippen molar-refractivity contribution < 1.29 is 8.42 Å². The number of hydrogen-bond acceptors (Lipinski definition) is 4. The summed E-state index contributed by atoms with van der Waals surface area (Å²) in [5.74, 6) is 5.27. The SMILES string of the molecule is CCC1(CNS(=O)(=O)c2ccc(NN)cc2)CCCC1. The molecule has 1 aromatic rings. The molecule has 1 aliphatic rings. The summed E-state index contributed by atoms with van der Waals surface area (Å²) >= 11 is 0. The summed E-state index contributed by atoms with van der Waals surface area (Å²) in [5.41, 5.74) is 3.31. The van der Waals surface area contributed by atoms with E-state index in [0.29, 0.717) is 12.2 Å². The number of nitrogens with one attached hydrogen (secondary N) is 2. The number of rotatable bonds is 6. The molecule has 20 heavy (non-hydrogen) atoms. The highest BCUT2D eigenvalue weighted by atomic mass is 32.2. The number of sulfonamides is 1. The molecule has 1 fully saturated rings. The standard InChI is InChI=1S/C14H23N3O2S/c1-2-14(9-3-4-10-14)11-16-20(18,19)13-7-5-12(17-15)6-8-13/h5-8,16-17H,2-4,9-11,15H2,1H3. The Labute approximate surface area is 121 Å². The van der Waals surface area contributed by atoms with Crippen molar-refractivity contribution in [3.05, 3.63) is 24.3 Å². The summed E-state index contributed by atoms with van der Waals surface area (Å²) in [6.45, 7) is 2.67. The van der Waals surface area contributed by atoms with Gasteiger partial charge < -0.3 is 5.43 Å². The van der Waals surface area contributed by atoms with Crippen LogP contribution < -0.4 is 16.0 Å². The van der Waals surface area contributed by atoms with Gasteiger partial charge in [0.1, 0.15) is 0 Å². The Kier molecular flexibility index (Phi) is 4.67. The smallest absolute Gasteiger partial charge is 0.240 e. The molecule has 0 heterocycles. The van der Waals surface area contributed by atoms with E-state index in [-0.39, 0.29) is 10.3 Å². The number of hydrazine groups is 1. The van der Waals surface area contributed by atoms with Gasteiger partial charge in [-0.15, -0.1) is 0 Å². The van der Waals surface area contributed by atoms with Crippen molar-refractivity contribution in [1.82, 2.24) is 4.72 Å². The normalized spacial score (nSPS) is 18.1. The average Bonchev–Trinajstić information content (AvgIpc) is 2.95. The lowest BCUT2D eigenvalue weighted by molar-refractivity contribution is 0.285. The summed E-state index contributed by atoms with van der Waals surface area (Å²) in [6, 6.07) is 6.43. The fourth-order valence-corrected chi connectivity index (χ4v) is 4.00. The van der Waals surface area contributed by atoms with E-state index >= 15 is 0 Å². The fraction of sp³-hybridized carbons (Fsp3) is 0.571. The van der Waals surface area contributed by atoms with Gasteiger partial charge in [0, 0.05) is 12.2 Å². The van der Waals surface area contributed by atoms with E-state index < -0.39 is 10.0 Å². The molecule has 0 bridgehead atoms. The molecule has 0 spiro atoms. The zero-order chi connectivity index (χ0) is 14.6. The Morgan fingerprint density at radius 3 is 2.30 bits per heavy atom. The van der Waals surface area contributed by atoms with Crippen molar-refractivity contribution in [3.63, 3.8) is 0 Å². The maximum atomic E-state index is 12.3. The Bertz CT molecular complexity index is 534. The van der Waals surface area contributed by atoms with E-state index in [2.05, 4.69) is 17.1 Å². The lowest BCUT2D eigenvalue weighted by Crippen LogP contribution is -2.35. The Morgan fingerprint density at radius 1 is 1.20 bits per heavy atom. The number of nitrogens with two attached hydrogens (primary N) is 1. The first-order valence-electron chi connectivity index (χ1n) is 7.08. The summed E-state index contributed by atoms with van der Waals surface area (Å²) in [5, 5.41) is 0. The van der Waals surface area contributed by atoms with E-state index in [0.717, 1.165) is 19.3 Å². The highest BCUT2D eigenvalue weighted by Crippen LogP contribution is 2.40. The van der Waals surface area contributed by atoms with Crippen LogP contribution in [0.3, 0.4) is 0 Å². The topological polar surface area (TPSA) is 84.2 Å². The van der Waals surface area contributed by atoms with Crippen LogP contribution in [-0.4, -0.2) is 15.0 Å². The van der Waals surface area contributed by atoms with Crippen LogP contribution in [0.2, 0.25) is 0 Å². The van der Waals surface area contributed by atoms with Gasteiger partial charge >= 0.3 is 0 Å². The Morgan fingerprint density at radius 2 is 1.80 bits per heavy atom. The van der Waals surface area contributed by atoms with Gasteiger partial charge in [-0.2, -0.15) is 0 Å². The molecule has 0 saturated heterocycles. The van der Waals surface area contributed by atoms with Crippen LogP contribution in [0.4, 0.5) is 5.69 Å². The molecular weight excluding hydrogens is 274 g/mol. The quantitative estimate of drug-likeness (QED) is 0.555. The van der Waals surface area contributed by atoms with Crippen LogP contribution in [0.15, 0.2) is 29.2 Å². The average molecular weight is 297 g/mol. The van der Waals surface area contributed by atoms with Crippen LogP contribution in [0.25, 0.3) is 0 Å². The number of anilines is 1. The van der Waals surface area contributed by atoms with Gasteiger partial charge in [0.15, 0.2) is 0 Å². The van der Waals surface area contributed by atoms with E-state index in [9.17, 15) is 8.42 Å². The summed E-state index contributed by atoms with van der Waals surface area (Å²) in [7, 11) is -3.44. The maximum Gasteiger partial charge on any atom is 0.240 e. The maximum absolute atomic E-state index is 12.3. The third kappa shape index (κ3) is 3.31. The van der Waals surface area contributed by atoms with Crippen LogP contribution in [0.1, 0.15) is 39.0 Å². The van der Waals surface area contributed by atoms with Gasteiger partial charge in [0.2, 0.25) is 10.0 Å². The van der Waals surface area contributed by atoms with Gasteiger partial charge in [-0.3, -0.25) is 5.84 Å². The summed E-state index contributed by atoms with van der Waals surface area (Å²) in [6.07, 6.45) is 5.65. The van der Waals surface area contributed by atoms with E-state index in [4.69, 9.17) is 5.84 Å². The zero-order valence-corrected chi connectivity index (χ0v) is 12.7. The highest BCUT2D eigenvalue weighted by Gasteiger charge is 2.33. The van der Waals surface area contributed by atoms with Crippen molar-refractivity contribution in [1.29, 1.82) is 0 Å². The molecule has 0 amide bonds. The molecule has 112 valence electrons. The molecule has 4 N–H and O–H groups in total. The van der Waals surface area contributed by atoms with E-state index in [1.165, 1.54) is 12.8 Å². The molecule has 0 unspecified atom stereocenters. The molecule has 0 atom stereocenters. The van der Waals surface area contributed by atoms with Crippen LogP contribution in [0, 0.1) is 5.41 Å². The van der Waals surface area contributed by atoms with Crippen molar-refractivity contribution >= 4 is 15.7 Å². The zero-order valence-electron chi connectivity index (χ0n) is 11.9. The first-order valence-corrected chi connectivity index (χ1v) is 8.56. The van der Waals surface area contributed by atoms with Crippen LogP contribution in [0.5, 0.6) is 0 Å². The minimum absolute atomic E-state index is 0.145. The van der Waals surface area contributed by atoms with Gasteiger partial charge in [-0.1, -0.05) is 19.8 Å². The second-order valence-electron chi connectivity index (χ2n) is 5.55. The first-order chi connectivity index (χ1) is 9.51. The second kappa shape index (κ2) is 6.11. The number of nitrogen functional groups attached to an aromatic ring is 1. The predicted octanol–water partition coefficient (Wildman–Crippen LogP) is 2.22. The van der Waals surface area contributed by atoms with Crippen molar-refractivity contribution in [2.75, 3.05) is 12.0 Å². The largest absolute Gasteiger partial charge is 0.324 e. The van der Waals surface area contributed by atoms with Crippen molar-refractivity contribution in [3.8, 4) is 0 Å². The number of benzene rings is 1. The minimum Gasteiger partial charge on any atom is -0.324 e. The Balaban J connectivity index is 2.06. The molecule has 0 radical (unpaired) electrons. The molecule has 1 saturated carbocycles. The highest BCUT2D eigenvalue weighted by molar-refractivity contribution is 7.89. The van der Waals surface area contributed by atoms with E-state index in [1.54, 1.807) is 24.3 Å². The van der Waals surface area contributed by atoms with Gasteiger partial charge in [-0.25, -0.2) is 13.1 Å². The molecule has 0 aromatic heterocycles. The van der Waals surface area contributed by atoms with Crippen LogP contribution >= 0.6 is 0 Å². The van der Waals surface area contributed by atoms with Gasteiger partial charge in [0.05, 0.1) is 4.90 Å². The molecule has 0 aliphatic heterocycles. The predicted molar refractivity (Wildman–Crippen MR) is 80.6 cm³/mol. The molecule has 1 aromatic carbocycles. The molecular formula is C14H23N3O2S. The third-order valence-corrected chi connectivity index (χ3v) is 5.80. The van der Waals surface area contributed by atoms with Crippen molar-refractivity contribution in [2.24, 2.45) is 11.3 Å². The first kappa shape index (κ1) is 15.3. The summed E-state index contributed by atoms with van der Waals surface area (Å²) < 4.78 is 27.3. The Hall–Kier alpha value is -1.11. The lowest BCUT2D eigenvalue weighted by atomic mass is 9.84. The van der Waals surface area contributed by atoms with Crippen molar-refractivity contribution in [2.45, 2.75) is 43.9 Å². The molecule has 2 rings (SSSR count). The number of hydrogen-bond donors (Lipinski definition) is 3. The molecule has 5 nitrogen and oxygen atoms in total. The van der Waals surface area contributed by atoms with Gasteiger partial charge in [-0.05, 0) is 48.9 Å². The monoisotopic (exact) mass is 297 g/mol. The molecule has 1 aliphatic carbocycles.